The van der Waals surface area contributed by atoms with E-state index in [1.165, 1.54) is 4.90 Å². The Hall–Kier alpha value is -1.98. The minimum absolute atomic E-state index is 0.0340. The van der Waals surface area contributed by atoms with Gasteiger partial charge in [-0.3, -0.25) is 14.5 Å². The van der Waals surface area contributed by atoms with Crippen molar-refractivity contribution in [3.8, 4) is 0 Å². The van der Waals surface area contributed by atoms with Crippen LogP contribution < -0.4 is 0 Å². The quantitative estimate of drug-likeness (QED) is 0.678. The number of imide groups is 1. The molecule has 3 aliphatic rings. The molecule has 6 nitrogen and oxygen atoms in total. The maximum atomic E-state index is 12.1. The number of fused-ring (bicyclic) bond motifs is 6. The molecule has 0 spiro atoms. The summed E-state index contributed by atoms with van der Waals surface area (Å²) < 4.78 is 0. The number of nitrogens with zero attached hydrogens (tertiary/aromatic N) is 4. The van der Waals surface area contributed by atoms with Crippen molar-refractivity contribution in [2.75, 3.05) is 7.05 Å². The number of aromatic nitrogens is 3. The van der Waals surface area contributed by atoms with Gasteiger partial charge in [-0.05, 0) is 18.9 Å². The fourth-order valence-electron chi connectivity index (χ4n) is 3.63. The van der Waals surface area contributed by atoms with Crippen molar-refractivity contribution in [1.29, 1.82) is 0 Å². The molecular weight excluding hydrogens is 244 g/mol. The average molecular weight is 258 g/mol. The van der Waals surface area contributed by atoms with E-state index in [4.69, 9.17) is 0 Å². The minimum Gasteiger partial charge on any atom is -0.285 e. The zero-order valence-electron chi connectivity index (χ0n) is 10.8. The standard InChI is InChI=1S/C13H14N4O2/c1-3-17-14-7-5-4-6-8(11(7)15-17)10-9(6)12(18)16(2)13(10)19/h4-6,8-10H,3H2,1-2H3/t6-,8+,9+,10-/m1/s1. The lowest BCUT2D eigenvalue weighted by atomic mass is 9.55. The van der Waals surface area contributed by atoms with E-state index < -0.39 is 0 Å². The third kappa shape index (κ3) is 1.12. The highest BCUT2D eigenvalue weighted by atomic mass is 16.2. The molecule has 2 amide bonds. The number of amides is 2. The van der Waals surface area contributed by atoms with Gasteiger partial charge in [0.05, 0.1) is 24.1 Å². The van der Waals surface area contributed by atoms with Crippen LogP contribution in [0.25, 0.3) is 6.08 Å². The third-order valence-corrected chi connectivity index (χ3v) is 4.62. The molecule has 0 radical (unpaired) electrons. The number of hydrogen-bond acceptors (Lipinski definition) is 4. The van der Waals surface area contributed by atoms with Gasteiger partial charge in [0.2, 0.25) is 11.8 Å². The largest absolute Gasteiger partial charge is 0.285 e. The van der Waals surface area contributed by atoms with Crippen LogP contribution in [-0.4, -0.2) is 38.8 Å². The Bertz CT molecular complexity index is 633. The van der Waals surface area contributed by atoms with Crippen molar-refractivity contribution in [2.45, 2.75) is 19.4 Å². The Morgan fingerprint density at radius 2 is 1.89 bits per heavy atom. The van der Waals surface area contributed by atoms with Gasteiger partial charge in [0.25, 0.3) is 0 Å². The van der Waals surface area contributed by atoms with Gasteiger partial charge < -0.3 is 0 Å². The molecule has 2 fully saturated rings. The molecule has 2 heterocycles. The molecule has 0 unspecified atom stereocenters. The number of carbonyl (C=O) groups excluding carboxylic acids is 2. The van der Waals surface area contributed by atoms with Gasteiger partial charge in [0.15, 0.2) is 0 Å². The van der Waals surface area contributed by atoms with Crippen LogP contribution >= 0.6 is 0 Å². The fourth-order valence-corrected chi connectivity index (χ4v) is 3.63. The molecule has 1 saturated heterocycles. The second-order valence-corrected chi connectivity index (χ2v) is 5.41. The van der Waals surface area contributed by atoms with E-state index in [9.17, 15) is 9.59 Å². The summed E-state index contributed by atoms with van der Waals surface area (Å²) >= 11 is 0. The Labute approximate surface area is 110 Å². The second kappa shape index (κ2) is 3.31. The van der Waals surface area contributed by atoms with E-state index in [0.29, 0.717) is 6.54 Å². The van der Waals surface area contributed by atoms with Crippen molar-refractivity contribution in [3.63, 3.8) is 0 Å². The molecule has 0 N–H and O–H groups in total. The zero-order chi connectivity index (χ0) is 13.3. The molecule has 98 valence electrons. The molecule has 4 rings (SSSR count). The van der Waals surface area contributed by atoms with Crippen LogP contribution in [0.4, 0.5) is 0 Å². The lowest BCUT2D eigenvalue weighted by Crippen LogP contribution is -2.47. The van der Waals surface area contributed by atoms with Crippen molar-refractivity contribution in [3.05, 3.63) is 17.5 Å². The van der Waals surface area contributed by atoms with Crippen LogP contribution in [0.3, 0.4) is 0 Å². The maximum Gasteiger partial charge on any atom is 0.233 e. The van der Waals surface area contributed by atoms with Crippen molar-refractivity contribution >= 4 is 17.9 Å². The Kier molecular flexibility index (Phi) is 1.90. The van der Waals surface area contributed by atoms with Gasteiger partial charge in [0, 0.05) is 13.0 Å². The van der Waals surface area contributed by atoms with E-state index in [0.717, 1.165) is 11.4 Å². The van der Waals surface area contributed by atoms with E-state index in [2.05, 4.69) is 10.2 Å². The normalized spacial score (nSPS) is 34.9. The molecule has 1 aromatic rings. The average Bonchev–Trinajstić information content (AvgIpc) is 2.86. The van der Waals surface area contributed by atoms with Crippen molar-refractivity contribution < 1.29 is 9.59 Å². The molecule has 1 aromatic heterocycles. The summed E-state index contributed by atoms with van der Waals surface area (Å²) in [6.45, 7) is 2.69. The highest BCUT2D eigenvalue weighted by molar-refractivity contribution is 6.07. The molecular formula is C13H14N4O2. The maximum absolute atomic E-state index is 12.1. The van der Waals surface area contributed by atoms with Crippen LogP contribution in [-0.2, 0) is 16.1 Å². The SMILES string of the molecule is CCn1nc2c(n1)[C@H]1[C@@H](C=C2)[C@@H]2C(=O)N(C)C(=O)[C@@H]21. The lowest BCUT2D eigenvalue weighted by Gasteiger charge is -2.44. The Balaban J connectivity index is 1.79. The Morgan fingerprint density at radius 1 is 1.16 bits per heavy atom. The molecule has 0 bridgehead atoms. The predicted molar refractivity (Wildman–Crippen MR) is 65.7 cm³/mol. The van der Waals surface area contributed by atoms with Crippen LogP contribution in [0.15, 0.2) is 6.08 Å². The summed E-state index contributed by atoms with van der Waals surface area (Å²) in [5, 5.41) is 8.84. The molecule has 6 heteroatoms. The molecule has 4 atom stereocenters. The highest BCUT2D eigenvalue weighted by Crippen LogP contribution is 2.58. The van der Waals surface area contributed by atoms with E-state index in [-0.39, 0.29) is 35.5 Å². The third-order valence-electron chi connectivity index (χ3n) is 4.62. The van der Waals surface area contributed by atoms with Crippen molar-refractivity contribution in [2.24, 2.45) is 17.8 Å². The first-order valence-electron chi connectivity index (χ1n) is 6.58. The first kappa shape index (κ1) is 10.9. The van der Waals surface area contributed by atoms with Crippen LogP contribution in [0, 0.1) is 17.8 Å². The number of hydrogen-bond donors (Lipinski definition) is 0. The molecule has 1 saturated carbocycles. The highest BCUT2D eigenvalue weighted by Gasteiger charge is 2.64. The second-order valence-electron chi connectivity index (χ2n) is 5.41. The number of likely N-dealkylation sites (tertiary alicyclic amines) is 1. The monoisotopic (exact) mass is 258 g/mol. The predicted octanol–water partition coefficient (Wildman–Crippen LogP) is 0.269. The van der Waals surface area contributed by atoms with Crippen LogP contribution in [0.5, 0.6) is 0 Å². The van der Waals surface area contributed by atoms with E-state index in [1.54, 1.807) is 11.8 Å². The summed E-state index contributed by atoms with van der Waals surface area (Å²) in [4.78, 5) is 27.1. The van der Waals surface area contributed by atoms with Crippen LogP contribution in [0.2, 0.25) is 0 Å². The van der Waals surface area contributed by atoms with Gasteiger partial charge in [-0.1, -0.05) is 6.08 Å². The smallest absolute Gasteiger partial charge is 0.233 e. The van der Waals surface area contributed by atoms with Crippen LogP contribution in [0.1, 0.15) is 24.2 Å². The fraction of sp³-hybridized carbons (Fsp3) is 0.538. The lowest BCUT2D eigenvalue weighted by molar-refractivity contribution is -0.137. The minimum atomic E-state index is -0.229. The number of rotatable bonds is 1. The first-order valence-corrected chi connectivity index (χ1v) is 6.58. The summed E-state index contributed by atoms with van der Waals surface area (Å²) in [5.41, 5.74) is 1.73. The summed E-state index contributed by atoms with van der Waals surface area (Å²) in [6, 6.07) is 0. The number of aryl methyl sites for hydroxylation is 1. The molecule has 1 aliphatic heterocycles. The van der Waals surface area contributed by atoms with E-state index >= 15 is 0 Å². The number of carbonyl (C=O) groups is 2. The van der Waals surface area contributed by atoms with Gasteiger partial charge >= 0.3 is 0 Å². The zero-order valence-corrected chi connectivity index (χ0v) is 10.8. The first-order chi connectivity index (χ1) is 9.13. The van der Waals surface area contributed by atoms with Gasteiger partial charge in [-0.2, -0.15) is 15.0 Å². The summed E-state index contributed by atoms with van der Waals surface area (Å²) in [7, 11) is 1.57. The molecule has 19 heavy (non-hydrogen) atoms. The van der Waals surface area contributed by atoms with E-state index in [1.807, 2.05) is 19.1 Å². The summed E-state index contributed by atoms with van der Waals surface area (Å²) in [5.74, 6) is -0.379. The molecule has 2 aliphatic carbocycles. The Morgan fingerprint density at radius 3 is 2.63 bits per heavy atom. The molecule has 0 aromatic carbocycles. The summed E-state index contributed by atoms with van der Waals surface area (Å²) in [6.07, 6.45) is 3.95. The number of allylic oxidation sites excluding steroid dienone is 1. The van der Waals surface area contributed by atoms with Crippen molar-refractivity contribution in [1.82, 2.24) is 19.9 Å². The van der Waals surface area contributed by atoms with Gasteiger partial charge in [-0.25, -0.2) is 0 Å². The van der Waals surface area contributed by atoms with Gasteiger partial charge in [0.1, 0.15) is 5.69 Å². The topological polar surface area (TPSA) is 68.1 Å². The van der Waals surface area contributed by atoms with Gasteiger partial charge in [-0.15, -0.1) is 0 Å².